The number of anilines is 1. The summed E-state index contributed by atoms with van der Waals surface area (Å²) in [5, 5.41) is 3.26. The average molecular weight is 399 g/mol. The van der Waals surface area contributed by atoms with Gasteiger partial charge in [0.25, 0.3) is 0 Å². The predicted octanol–water partition coefficient (Wildman–Crippen LogP) is 2.51. The first-order valence-electron chi connectivity index (χ1n) is 9.07. The van der Waals surface area contributed by atoms with Crippen molar-refractivity contribution in [2.75, 3.05) is 45.8 Å². The zero-order chi connectivity index (χ0) is 20.2. The van der Waals surface area contributed by atoms with Gasteiger partial charge in [-0.2, -0.15) is 0 Å². The van der Waals surface area contributed by atoms with E-state index in [0.29, 0.717) is 36.9 Å². The van der Waals surface area contributed by atoms with Crippen LogP contribution in [-0.2, 0) is 24.4 Å². The zero-order valence-corrected chi connectivity index (χ0v) is 17.8. The third kappa shape index (κ3) is 5.21. The number of rotatable bonds is 6. The maximum Gasteiger partial charge on any atom is 0.350 e. The van der Waals surface area contributed by atoms with Gasteiger partial charge in [-0.1, -0.05) is 20.8 Å². The van der Waals surface area contributed by atoms with E-state index in [1.165, 1.54) is 18.4 Å². The number of morpholine rings is 1. The number of carbonyl (C=O) groups excluding carboxylic acids is 2. The van der Waals surface area contributed by atoms with Gasteiger partial charge in [0.05, 0.1) is 32.1 Å². The summed E-state index contributed by atoms with van der Waals surface area (Å²) in [5.41, 5.74) is 0.483. The summed E-state index contributed by atoms with van der Waals surface area (Å²) in [6, 6.07) is 1.32. The van der Waals surface area contributed by atoms with Crippen molar-refractivity contribution >= 4 is 28.9 Å². The van der Waals surface area contributed by atoms with Crippen LogP contribution in [0, 0.1) is 0 Å². The molecule has 27 heavy (non-hydrogen) atoms. The molecular formula is C19H30N2O5S. The summed E-state index contributed by atoms with van der Waals surface area (Å²) < 4.78 is 15.7. The van der Waals surface area contributed by atoms with E-state index in [2.05, 4.69) is 26.1 Å². The van der Waals surface area contributed by atoms with Crippen LogP contribution in [0.1, 0.15) is 42.2 Å². The number of ether oxygens (including phenoxy) is 3. The molecule has 1 fully saturated rings. The summed E-state index contributed by atoms with van der Waals surface area (Å²) in [7, 11) is 2.93. The van der Waals surface area contributed by atoms with Gasteiger partial charge < -0.3 is 24.4 Å². The van der Waals surface area contributed by atoms with Gasteiger partial charge in [0.1, 0.15) is 10.9 Å². The number of thiophene rings is 1. The van der Waals surface area contributed by atoms with Crippen LogP contribution >= 0.6 is 11.3 Å². The highest BCUT2D eigenvalue weighted by molar-refractivity contribution is 7.14. The lowest BCUT2D eigenvalue weighted by atomic mass is 9.94. The molecule has 1 amide bonds. The van der Waals surface area contributed by atoms with Crippen molar-refractivity contribution < 1.29 is 23.8 Å². The molecule has 2 heterocycles. The molecule has 7 nitrogen and oxygen atoms in total. The summed E-state index contributed by atoms with van der Waals surface area (Å²) in [6.07, 6.45) is -0.371. The van der Waals surface area contributed by atoms with Crippen LogP contribution in [0.15, 0.2) is 6.07 Å². The van der Waals surface area contributed by atoms with Gasteiger partial charge in [-0.25, -0.2) is 4.79 Å². The second-order valence-electron chi connectivity index (χ2n) is 7.60. The highest BCUT2D eigenvalue weighted by Gasteiger charge is 2.33. The maximum absolute atomic E-state index is 13.1. The number of nitrogens with zero attached hydrogens (tertiary/aromatic N) is 1. The van der Waals surface area contributed by atoms with Crippen molar-refractivity contribution in [3.05, 3.63) is 15.8 Å². The number of hydrogen-bond donors (Lipinski definition) is 1. The largest absolute Gasteiger partial charge is 0.465 e. The van der Waals surface area contributed by atoms with E-state index in [1.54, 1.807) is 12.0 Å². The fraction of sp³-hybridized carbons (Fsp3) is 0.684. The third-order valence-electron chi connectivity index (χ3n) is 4.58. The summed E-state index contributed by atoms with van der Waals surface area (Å²) in [4.78, 5) is 28.6. The lowest BCUT2D eigenvalue weighted by Crippen LogP contribution is -2.52. The number of amides is 1. The van der Waals surface area contributed by atoms with Gasteiger partial charge in [0.2, 0.25) is 5.91 Å². The Morgan fingerprint density at radius 1 is 1.26 bits per heavy atom. The van der Waals surface area contributed by atoms with Gasteiger partial charge in [-0.3, -0.25) is 4.79 Å². The molecule has 2 atom stereocenters. The first-order chi connectivity index (χ1) is 12.7. The molecule has 0 saturated carbocycles. The van der Waals surface area contributed by atoms with E-state index in [-0.39, 0.29) is 17.4 Å². The summed E-state index contributed by atoms with van der Waals surface area (Å²) >= 11 is 1.38. The van der Waals surface area contributed by atoms with Crippen molar-refractivity contribution in [2.45, 2.75) is 45.3 Å². The molecule has 152 valence electrons. The smallest absolute Gasteiger partial charge is 0.350 e. The molecule has 8 heteroatoms. The van der Waals surface area contributed by atoms with E-state index < -0.39 is 12.0 Å². The molecule has 1 aliphatic heterocycles. The molecule has 1 saturated heterocycles. The van der Waals surface area contributed by atoms with Crippen LogP contribution in [0.2, 0.25) is 0 Å². The third-order valence-corrected chi connectivity index (χ3v) is 6.12. The second kappa shape index (κ2) is 9.03. The Morgan fingerprint density at radius 3 is 2.41 bits per heavy atom. The van der Waals surface area contributed by atoms with Gasteiger partial charge in [-0.15, -0.1) is 11.3 Å². The molecule has 0 spiro atoms. The fourth-order valence-corrected chi connectivity index (χ4v) is 3.87. The van der Waals surface area contributed by atoms with Crippen LogP contribution in [0.4, 0.5) is 5.69 Å². The molecule has 0 aromatic carbocycles. The van der Waals surface area contributed by atoms with Crippen LogP contribution < -0.4 is 5.32 Å². The van der Waals surface area contributed by atoms with Gasteiger partial charge >= 0.3 is 5.97 Å². The zero-order valence-electron chi connectivity index (χ0n) is 17.0. The Bertz CT molecular complexity index is 662. The Morgan fingerprint density at radius 2 is 1.89 bits per heavy atom. The predicted molar refractivity (Wildman–Crippen MR) is 106 cm³/mol. The van der Waals surface area contributed by atoms with Crippen LogP contribution in [0.5, 0.6) is 0 Å². The van der Waals surface area contributed by atoms with Gasteiger partial charge in [0.15, 0.2) is 0 Å². The van der Waals surface area contributed by atoms with E-state index in [0.717, 1.165) is 4.88 Å². The molecular weight excluding hydrogens is 368 g/mol. The monoisotopic (exact) mass is 398 g/mol. The SMILES string of the molecule is COC(=O)c1sc(C(C)(C)C)cc1N[C@H](C(=O)N1CCOCC1)[C@H](C)OC. The molecule has 0 radical (unpaired) electrons. The quantitative estimate of drug-likeness (QED) is 0.742. The van der Waals surface area contributed by atoms with Gasteiger partial charge in [0, 0.05) is 25.1 Å². The minimum Gasteiger partial charge on any atom is -0.465 e. The summed E-state index contributed by atoms with van der Waals surface area (Å²) in [5.74, 6) is -0.479. The van der Waals surface area contributed by atoms with E-state index in [1.807, 2.05) is 13.0 Å². The first-order valence-corrected chi connectivity index (χ1v) is 9.89. The van der Waals surface area contributed by atoms with Crippen LogP contribution in [-0.4, -0.2) is 69.4 Å². The van der Waals surface area contributed by atoms with E-state index >= 15 is 0 Å². The molecule has 1 aromatic rings. The Labute approximate surface area is 165 Å². The molecule has 1 aromatic heterocycles. The molecule has 1 N–H and O–H groups in total. The van der Waals surface area contributed by atoms with Crippen molar-refractivity contribution in [1.29, 1.82) is 0 Å². The minimum absolute atomic E-state index is 0.0630. The minimum atomic E-state index is -0.612. The molecule has 1 aliphatic rings. The summed E-state index contributed by atoms with van der Waals surface area (Å²) in [6.45, 7) is 10.2. The van der Waals surface area contributed by atoms with E-state index in [4.69, 9.17) is 14.2 Å². The molecule has 2 rings (SSSR count). The topological polar surface area (TPSA) is 77.1 Å². The number of hydrogen-bond acceptors (Lipinski definition) is 7. The number of esters is 1. The number of nitrogens with one attached hydrogen (secondary N) is 1. The average Bonchev–Trinajstić information content (AvgIpc) is 3.09. The van der Waals surface area contributed by atoms with Crippen molar-refractivity contribution in [3.63, 3.8) is 0 Å². The highest BCUT2D eigenvalue weighted by Crippen LogP contribution is 2.36. The lowest BCUT2D eigenvalue weighted by Gasteiger charge is -2.33. The van der Waals surface area contributed by atoms with Gasteiger partial charge in [-0.05, 0) is 18.4 Å². The van der Waals surface area contributed by atoms with Crippen molar-refractivity contribution in [1.82, 2.24) is 4.90 Å². The Hall–Kier alpha value is -1.64. The standard InChI is InChI=1S/C19H30N2O5S/c1-12(24-5)15(17(22)21-7-9-26-10-8-21)20-13-11-14(19(2,3)4)27-16(13)18(23)25-6/h11-12,15,20H,7-10H2,1-6H3/t12-,15-/m0/s1. The normalized spacial score (nSPS) is 17.3. The van der Waals surface area contributed by atoms with Crippen molar-refractivity contribution in [3.8, 4) is 0 Å². The van der Waals surface area contributed by atoms with E-state index in [9.17, 15) is 9.59 Å². The Balaban J connectivity index is 2.34. The lowest BCUT2D eigenvalue weighted by molar-refractivity contribution is -0.138. The molecule has 0 unspecified atom stereocenters. The van der Waals surface area contributed by atoms with Crippen molar-refractivity contribution in [2.24, 2.45) is 0 Å². The molecule has 0 aliphatic carbocycles. The fourth-order valence-electron chi connectivity index (χ4n) is 2.78. The second-order valence-corrected chi connectivity index (χ2v) is 8.65. The van der Waals surface area contributed by atoms with Crippen LogP contribution in [0.3, 0.4) is 0 Å². The number of methoxy groups -OCH3 is 2. The van der Waals surface area contributed by atoms with Crippen LogP contribution in [0.25, 0.3) is 0 Å². The Kier molecular flexibility index (Phi) is 7.25. The maximum atomic E-state index is 13.1. The highest BCUT2D eigenvalue weighted by atomic mass is 32.1. The first kappa shape index (κ1) is 21.7. The molecule has 0 bridgehead atoms. The number of carbonyl (C=O) groups is 2.